The molecular weight excluding hydrogens is 293 g/mol. The van der Waals surface area contributed by atoms with Crippen LogP contribution in [0.15, 0.2) is 30.3 Å². The highest BCUT2D eigenvalue weighted by Gasteiger charge is 2.50. The predicted octanol–water partition coefficient (Wildman–Crippen LogP) is 2.55. The van der Waals surface area contributed by atoms with Gasteiger partial charge >= 0.3 is 6.18 Å². The molecule has 1 atom stereocenters. The Morgan fingerprint density at radius 1 is 1.18 bits per heavy atom. The summed E-state index contributed by atoms with van der Waals surface area (Å²) >= 11 is 0. The van der Waals surface area contributed by atoms with E-state index < -0.39 is 11.8 Å². The average molecular weight is 316 g/mol. The number of likely N-dealkylation sites (tertiary alicyclic amines) is 1. The molecule has 0 aromatic heterocycles. The number of β-amino-alcohol motifs (C(OH)–C–C–N with tert-alkyl or cyclic N) is 1. The summed E-state index contributed by atoms with van der Waals surface area (Å²) in [4.78, 5) is 1.69. The molecule has 1 heterocycles. The number of benzene rings is 1. The third-order valence-electron chi connectivity index (χ3n) is 4.17. The van der Waals surface area contributed by atoms with Crippen LogP contribution >= 0.6 is 0 Å². The van der Waals surface area contributed by atoms with Gasteiger partial charge in [0.2, 0.25) is 0 Å². The molecule has 1 saturated heterocycles. The van der Waals surface area contributed by atoms with Crippen molar-refractivity contribution in [2.24, 2.45) is 0 Å². The first-order valence-electron chi connectivity index (χ1n) is 7.57. The van der Waals surface area contributed by atoms with E-state index in [2.05, 4.69) is 5.32 Å². The Balaban J connectivity index is 1.74. The third-order valence-corrected chi connectivity index (χ3v) is 4.17. The quantitative estimate of drug-likeness (QED) is 0.876. The van der Waals surface area contributed by atoms with E-state index in [1.807, 2.05) is 30.3 Å². The molecule has 1 aliphatic rings. The van der Waals surface area contributed by atoms with Gasteiger partial charge in [-0.1, -0.05) is 30.3 Å². The SMILES string of the molecule is CC(O)(CN1CCC(NCc2ccccc2)CC1)C(F)(F)F. The van der Waals surface area contributed by atoms with Crippen molar-refractivity contribution in [1.82, 2.24) is 10.2 Å². The van der Waals surface area contributed by atoms with Crippen molar-refractivity contribution in [3.63, 3.8) is 0 Å². The largest absolute Gasteiger partial charge is 0.418 e. The van der Waals surface area contributed by atoms with Gasteiger partial charge in [-0.25, -0.2) is 0 Å². The molecule has 22 heavy (non-hydrogen) atoms. The first-order valence-corrected chi connectivity index (χ1v) is 7.57. The van der Waals surface area contributed by atoms with E-state index in [0.29, 0.717) is 19.1 Å². The number of alkyl halides is 3. The highest BCUT2D eigenvalue weighted by atomic mass is 19.4. The zero-order chi connectivity index (χ0) is 16.2. The summed E-state index contributed by atoms with van der Waals surface area (Å²) in [5.74, 6) is 0. The zero-order valence-corrected chi connectivity index (χ0v) is 12.7. The summed E-state index contributed by atoms with van der Waals surface area (Å²) < 4.78 is 38.1. The summed E-state index contributed by atoms with van der Waals surface area (Å²) in [6.07, 6.45) is -3.00. The molecule has 1 unspecified atom stereocenters. The second-order valence-corrected chi connectivity index (χ2v) is 6.19. The Morgan fingerprint density at radius 3 is 2.32 bits per heavy atom. The van der Waals surface area contributed by atoms with Crippen molar-refractivity contribution < 1.29 is 18.3 Å². The van der Waals surface area contributed by atoms with Crippen LogP contribution in [0.25, 0.3) is 0 Å². The molecule has 1 aliphatic heterocycles. The van der Waals surface area contributed by atoms with Gasteiger partial charge in [0.25, 0.3) is 0 Å². The summed E-state index contributed by atoms with van der Waals surface area (Å²) in [6, 6.07) is 10.3. The maximum absolute atomic E-state index is 12.7. The van der Waals surface area contributed by atoms with Crippen molar-refractivity contribution in [2.45, 2.75) is 44.1 Å². The predicted molar refractivity (Wildman–Crippen MR) is 79.4 cm³/mol. The Kier molecular flexibility index (Phi) is 5.47. The zero-order valence-electron chi connectivity index (χ0n) is 12.7. The van der Waals surface area contributed by atoms with Crippen molar-refractivity contribution in [1.29, 1.82) is 0 Å². The Labute approximate surface area is 129 Å². The Hall–Kier alpha value is -1.11. The molecule has 1 aromatic rings. The minimum Gasteiger partial charge on any atom is -0.380 e. The van der Waals surface area contributed by atoms with Crippen molar-refractivity contribution in [2.75, 3.05) is 19.6 Å². The highest BCUT2D eigenvalue weighted by Crippen LogP contribution is 2.31. The average Bonchev–Trinajstić information content (AvgIpc) is 2.46. The van der Waals surface area contributed by atoms with Gasteiger partial charge < -0.3 is 15.3 Å². The highest BCUT2D eigenvalue weighted by molar-refractivity contribution is 5.14. The van der Waals surface area contributed by atoms with E-state index >= 15 is 0 Å². The van der Waals surface area contributed by atoms with E-state index in [4.69, 9.17) is 0 Å². The molecule has 0 bridgehead atoms. The van der Waals surface area contributed by atoms with Crippen LogP contribution in [0.3, 0.4) is 0 Å². The Morgan fingerprint density at radius 2 is 1.77 bits per heavy atom. The van der Waals surface area contributed by atoms with Gasteiger partial charge in [0.15, 0.2) is 5.60 Å². The lowest BCUT2D eigenvalue weighted by Gasteiger charge is -2.37. The summed E-state index contributed by atoms with van der Waals surface area (Å²) in [7, 11) is 0. The second-order valence-electron chi connectivity index (χ2n) is 6.19. The number of rotatable bonds is 5. The van der Waals surface area contributed by atoms with Gasteiger partial charge in [0.1, 0.15) is 0 Å². The monoisotopic (exact) mass is 316 g/mol. The van der Waals surface area contributed by atoms with Crippen LogP contribution in [0.4, 0.5) is 13.2 Å². The lowest BCUT2D eigenvalue weighted by molar-refractivity contribution is -0.258. The maximum Gasteiger partial charge on any atom is 0.418 e. The number of halogens is 3. The number of aliphatic hydroxyl groups is 1. The first-order chi connectivity index (χ1) is 10.3. The number of nitrogens with one attached hydrogen (secondary N) is 1. The molecule has 3 nitrogen and oxygen atoms in total. The van der Waals surface area contributed by atoms with Crippen LogP contribution in [-0.2, 0) is 6.54 Å². The third kappa shape index (κ3) is 4.69. The van der Waals surface area contributed by atoms with Crippen LogP contribution < -0.4 is 5.32 Å². The lowest BCUT2D eigenvalue weighted by Crippen LogP contribution is -2.54. The molecule has 6 heteroatoms. The normalized spacial score (nSPS) is 20.8. The fourth-order valence-electron chi connectivity index (χ4n) is 2.68. The first kappa shape index (κ1) is 17.2. The number of hydrogen-bond donors (Lipinski definition) is 2. The molecule has 2 rings (SSSR count). The smallest absolute Gasteiger partial charge is 0.380 e. The molecule has 1 aromatic carbocycles. The van der Waals surface area contributed by atoms with E-state index in [0.717, 1.165) is 26.3 Å². The number of nitrogens with zero attached hydrogens (tertiary/aromatic N) is 1. The van der Waals surface area contributed by atoms with Gasteiger partial charge in [-0.15, -0.1) is 0 Å². The molecule has 0 spiro atoms. The standard InChI is InChI=1S/C16H23F3N2O/c1-15(22,16(17,18)19)12-21-9-7-14(8-10-21)20-11-13-5-3-2-4-6-13/h2-6,14,20,22H,7-12H2,1H3. The number of hydrogen-bond acceptors (Lipinski definition) is 3. The molecule has 0 amide bonds. The van der Waals surface area contributed by atoms with Gasteiger partial charge in [-0.2, -0.15) is 13.2 Å². The lowest BCUT2D eigenvalue weighted by atomic mass is 10.0. The van der Waals surface area contributed by atoms with Gasteiger partial charge in [0.05, 0.1) is 0 Å². The van der Waals surface area contributed by atoms with Crippen LogP contribution in [0.1, 0.15) is 25.3 Å². The fourth-order valence-corrected chi connectivity index (χ4v) is 2.68. The number of piperidine rings is 1. The van der Waals surface area contributed by atoms with Gasteiger partial charge in [0, 0.05) is 19.1 Å². The minimum atomic E-state index is -4.59. The minimum absolute atomic E-state index is 0.312. The molecule has 2 N–H and O–H groups in total. The van der Waals surface area contributed by atoms with Crippen molar-refractivity contribution >= 4 is 0 Å². The second kappa shape index (κ2) is 6.98. The van der Waals surface area contributed by atoms with E-state index in [-0.39, 0.29) is 6.54 Å². The maximum atomic E-state index is 12.7. The molecule has 0 aliphatic carbocycles. The van der Waals surface area contributed by atoms with Crippen molar-refractivity contribution in [3.05, 3.63) is 35.9 Å². The Bertz CT molecular complexity index is 454. The van der Waals surface area contributed by atoms with Crippen LogP contribution in [0.5, 0.6) is 0 Å². The molecular formula is C16H23F3N2O. The topological polar surface area (TPSA) is 35.5 Å². The molecule has 124 valence electrons. The molecule has 0 radical (unpaired) electrons. The molecule has 1 fully saturated rings. The van der Waals surface area contributed by atoms with Gasteiger partial charge in [-0.05, 0) is 38.4 Å². The fraction of sp³-hybridized carbons (Fsp3) is 0.625. The van der Waals surface area contributed by atoms with Crippen molar-refractivity contribution in [3.8, 4) is 0 Å². The molecule has 0 saturated carbocycles. The van der Waals surface area contributed by atoms with Crippen LogP contribution in [-0.4, -0.2) is 47.5 Å². The van der Waals surface area contributed by atoms with E-state index in [1.54, 1.807) is 4.90 Å². The summed E-state index contributed by atoms with van der Waals surface area (Å²) in [6.45, 7) is 2.39. The van der Waals surface area contributed by atoms with E-state index in [1.165, 1.54) is 5.56 Å². The van der Waals surface area contributed by atoms with Gasteiger partial charge in [-0.3, -0.25) is 0 Å². The van der Waals surface area contributed by atoms with Crippen LogP contribution in [0.2, 0.25) is 0 Å². The van der Waals surface area contributed by atoms with E-state index in [9.17, 15) is 18.3 Å². The van der Waals surface area contributed by atoms with Crippen LogP contribution in [0, 0.1) is 0 Å². The summed E-state index contributed by atoms with van der Waals surface area (Å²) in [5.41, 5.74) is -1.44. The summed E-state index contributed by atoms with van der Waals surface area (Å²) in [5, 5.41) is 13.0.